The minimum Gasteiger partial charge on any atom is -0.379 e. The van der Waals surface area contributed by atoms with E-state index in [-0.39, 0.29) is 0 Å². The second kappa shape index (κ2) is 3.59. The molecule has 0 aliphatic carbocycles. The molecule has 1 aliphatic heterocycles. The first-order chi connectivity index (χ1) is 5.95. The van der Waals surface area contributed by atoms with Crippen LogP contribution >= 0.6 is 0 Å². The Morgan fingerprint density at radius 2 is 2.25 bits per heavy atom. The monoisotopic (exact) mass is 169 g/mol. The third kappa shape index (κ3) is 1.77. The Morgan fingerprint density at radius 1 is 1.42 bits per heavy atom. The first-order valence-corrected chi connectivity index (χ1v) is 3.98. The van der Waals surface area contributed by atoms with Crippen molar-refractivity contribution < 1.29 is 4.74 Å². The summed E-state index contributed by atoms with van der Waals surface area (Å²) in [4.78, 5) is 2.26. The third-order valence-corrected chi connectivity index (χ3v) is 1.87. The Bertz CT molecular complexity index is 218. The average molecular weight is 169 g/mol. The maximum atomic E-state index is 5.22. The Balaban J connectivity index is 1.86. The molecule has 1 aliphatic rings. The molecule has 0 radical (unpaired) electrons. The van der Waals surface area contributed by atoms with Gasteiger partial charge in [-0.25, -0.2) is 5.10 Å². The van der Waals surface area contributed by atoms with Crippen LogP contribution in [-0.2, 0) is 11.3 Å². The minimum atomic E-state index is 0.788. The van der Waals surface area contributed by atoms with Crippen molar-refractivity contribution in [2.24, 2.45) is 0 Å². The van der Waals surface area contributed by atoms with E-state index in [0.29, 0.717) is 0 Å². The van der Waals surface area contributed by atoms with Crippen LogP contribution in [0.3, 0.4) is 0 Å². The lowest BCUT2D eigenvalue weighted by Crippen LogP contribution is -2.35. The highest BCUT2D eigenvalue weighted by Crippen LogP contribution is 2.00. The normalized spacial score (nSPS) is 19.7. The van der Waals surface area contributed by atoms with Gasteiger partial charge in [0.25, 0.3) is 0 Å². The van der Waals surface area contributed by atoms with Gasteiger partial charge in [-0.1, -0.05) is 0 Å². The average Bonchev–Trinajstić information content (AvgIpc) is 2.59. The van der Waals surface area contributed by atoms with Gasteiger partial charge in [-0.2, -0.15) is 0 Å². The van der Waals surface area contributed by atoms with Gasteiger partial charge in [-0.3, -0.25) is 4.90 Å². The van der Waals surface area contributed by atoms with E-state index >= 15 is 0 Å². The van der Waals surface area contributed by atoms with Crippen molar-refractivity contribution in [1.29, 1.82) is 0 Å². The van der Waals surface area contributed by atoms with E-state index in [1.54, 1.807) is 0 Å². The number of nitrogens with zero attached hydrogens (tertiary/aromatic N) is 4. The highest BCUT2D eigenvalue weighted by atomic mass is 16.5. The van der Waals surface area contributed by atoms with Crippen molar-refractivity contribution >= 4 is 0 Å². The first-order valence-electron chi connectivity index (χ1n) is 3.98. The smallest absolute Gasteiger partial charge is 0.162 e. The van der Waals surface area contributed by atoms with Gasteiger partial charge < -0.3 is 4.74 Å². The molecule has 0 saturated carbocycles. The number of hydrogen-bond donors (Lipinski definition) is 1. The molecule has 6 heteroatoms. The van der Waals surface area contributed by atoms with Gasteiger partial charge in [0.15, 0.2) is 5.82 Å². The van der Waals surface area contributed by atoms with Crippen LogP contribution in [0.1, 0.15) is 5.82 Å². The summed E-state index contributed by atoms with van der Waals surface area (Å²) in [5.74, 6) is 0.817. The summed E-state index contributed by atoms with van der Waals surface area (Å²) in [7, 11) is 0. The van der Waals surface area contributed by atoms with E-state index in [1.807, 2.05) is 0 Å². The Hall–Kier alpha value is -1.01. The van der Waals surface area contributed by atoms with Gasteiger partial charge in [0.2, 0.25) is 0 Å². The third-order valence-electron chi connectivity index (χ3n) is 1.87. The fourth-order valence-corrected chi connectivity index (χ4v) is 1.22. The quantitative estimate of drug-likeness (QED) is 0.617. The lowest BCUT2D eigenvalue weighted by atomic mass is 10.4. The van der Waals surface area contributed by atoms with Crippen molar-refractivity contribution in [1.82, 2.24) is 25.5 Å². The number of rotatable bonds is 2. The molecule has 1 fully saturated rings. The summed E-state index contributed by atoms with van der Waals surface area (Å²) in [5, 5.41) is 13.6. The maximum absolute atomic E-state index is 5.22. The van der Waals surface area contributed by atoms with Crippen molar-refractivity contribution in [3.8, 4) is 0 Å². The van der Waals surface area contributed by atoms with Crippen molar-refractivity contribution in [3.05, 3.63) is 5.82 Å². The van der Waals surface area contributed by atoms with Crippen LogP contribution in [0.5, 0.6) is 0 Å². The zero-order valence-corrected chi connectivity index (χ0v) is 6.73. The number of morpholine rings is 1. The molecule has 1 N–H and O–H groups in total. The Morgan fingerprint density at radius 3 is 2.92 bits per heavy atom. The molecule has 12 heavy (non-hydrogen) atoms. The predicted molar refractivity (Wildman–Crippen MR) is 40.3 cm³/mol. The second-order valence-electron chi connectivity index (χ2n) is 2.74. The summed E-state index contributed by atoms with van der Waals surface area (Å²) >= 11 is 0. The van der Waals surface area contributed by atoms with E-state index in [0.717, 1.165) is 38.7 Å². The van der Waals surface area contributed by atoms with Crippen molar-refractivity contribution in [3.63, 3.8) is 0 Å². The summed E-state index contributed by atoms with van der Waals surface area (Å²) < 4.78 is 5.22. The topological polar surface area (TPSA) is 66.9 Å². The molecule has 0 spiro atoms. The molecular formula is C6H11N5O. The van der Waals surface area contributed by atoms with Gasteiger partial charge in [0.1, 0.15) is 0 Å². The molecule has 0 bridgehead atoms. The molecule has 1 aromatic rings. The number of H-pyrrole nitrogens is 1. The molecule has 0 amide bonds. The molecule has 2 heterocycles. The molecule has 1 saturated heterocycles. The molecule has 0 aromatic carbocycles. The largest absolute Gasteiger partial charge is 0.379 e. The molecule has 0 unspecified atom stereocenters. The molecule has 6 nitrogen and oxygen atoms in total. The van der Waals surface area contributed by atoms with E-state index in [2.05, 4.69) is 25.5 Å². The Labute approximate surface area is 69.9 Å². The maximum Gasteiger partial charge on any atom is 0.162 e. The fourth-order valence-electron chi connectivity index (χ4n) is 1.22. The minimum absolute atomic E-state index is 0.788. The van der Waals surface area contributed by atoms with Crippen molar-refractivity contribution in [2.45, 2.75) is 6.54 Å². The van der Waals surface area contributed by atoms with Crippen LogP contribution < -0.4 is 0 Å². The second-order valence-corrected chi connectivity index (χ2v) is 2.74. The van der Waals surface area contributed by atoms with E-state index < -0.39 is 0 Å². The summed E-state index contributed by atoms with van der Waals surface area (Å²) in [6.07, 6.45) is 0. The number of tetrazole rings is 1. The molecule has 1 aromatic heterocycles. The van der Waals surface area contributed by atoms with E-state index in [9.17, 15) is 0 Å². The van der Waals surface area contributed by atoms with Gasteiger partial charge in [-0.05, 0) is 10.4 Å². The van der Waals surface area contributed by atoms with E-state index in [1.165, 1.54) is 0 Å². The van der Waals surface area contributed by atoms with E-state index in [4.69, 9.17) is 4.74 Å². The Kier molecular flexibility index (Phi) is 2.28. The zero-order chi connectivity index (χ0) is 8.23. The molecular weight excluding hydrogens is 158 g/mol. The van der Waals surface area contributed by atoms with Gasteiger partial charge in [0, 0.05) is 13.1 Å². The van der Waals surface area contributed by atoms with Gasteiger partial charge in [0.05, 0.1) is 19.8 Å². The van der Waals surface area contributed by atoms with Crippen LogP contribution in [0.2, 0.25) is 0 Å². The van der Waals surface area contributed by atoms with Crippen LogP contribution in [-0.4, -0.2) is 51.8 Å². The fraction of sp³-hybridized carbons (Fsp3) is 0.833. The summed E-state index contributed by atoms with van der Waals surface area (Å²) in [5.41, 5.74) is 0. The molecule has 0 atom stereocenters. The SMILES string of the molecule is C1CN(Cc2nnn[nH]2)CCO1. The van der Waals surface area contributed by atoms with Gasteiger partial charge in [-0.15, -0.1) is 5.10 Å². The molecule has 2 rings (SSSR count). The molecule has 66 valence electrons. The number of hydrogen-bond acceptors (Lipinski definition) is 5. The van der Waals surface area contributed by atoms with Crippen LogP contribution in [0.15, 0.2) is 0 Å². The highest BCUT2D eigenvalue weighted by molar-refractivity contribution is 4.77. The number of aromatic nitrogens is 4. The zero-order valence-electron chi connectivity index (χ0n) is 6.73. The lowest BCUT2D eigenvalue weighted by molar-refractivity contribution is 0.0330. The number of aromatic amines is 1. The van der Waals surface area contributed by atoms with Crippen LogP contribution in [0.4, 0.5) is 0 Å². The lowest BCUT2D eigenvalue weighted by Gasteiger charge is -2.25. The summed E-state index contributed by atoms with van der Waals surface area (Å²) in [6, 6.07) is 0. The number of nitrogens with one attached hydrogen (secondary N) is 1. The predicted octanol–water partition coefficient (Wildman–Crippen LogP) is -0.968. The van der Waals surface area contributed by atoms with Crippen molar-refractivity contribution in [2.75, 3.05) is 26.3 Å². The standard InChI is InChI=1S/C6H11N5O/c1-3-12-4-2-11(1)5-6-7-9-10-8-6/h1-5H2,(H,7,8,9,10). The highest BCUT2D eigenvalue weighted by Gasteiger charge is 2.11. The van der Waals surface area contributed by atoms with Gasteiger partial charge >= 0.3 is 0 Å². The van der Waals surface area contributed by atoms with Crippen LogP contribution in [0, 0.1) is 0 Å². The first kappa shape index (κ1) is 7.63. The number of ether oxygens (including phenoxy) is 1. The summed E-state index contributed by atoms with van der Waals surface area (Å²) in [6.45, 7) is 4.32. The van der Waals surface area contributed by atoms with Crippen LogP contribution in [0.25, 0.3) is 0 Å².